The van der Waals surface area contributed by atoms with Gasteiger partial charge in [-0.3, -0.25) is 9.59 Å². The minimum absolute atomic E-state index is 0.0615. The second-order valence-corrected chi connectivity index (χ2v) is 10.4. The van der Waals surface area contributed by atoms with Crippen LogP contribution in [0, 0.1) is 23.2 Å². The molecule has 1 aromatic rings. The molecule has 4 nitrogen and oxygen atoms in total. The molecule has 4 aliphatic carbocycles. The minimum atomic E-state index is -0.0948. The van der Waals surface area contributed by atoms with Crippen LogP contribution in [0.5, 0.6) is 0 Å². The molecule has 0 saturated heterocycles. The predicted molar refractivity (Wildman–Crippen MR) is 115 cm³/mol. The van der Waals surface area contributed by atoms with Crippen molar-refractivity contribution in [3.63, 3.8) is 0 Å². The number of amides is 2. The number of hydrogen-bond acceptors (Lipinski definition) is 2. The minimum Gasteiger partial charge on any atom is -0.354 e. The molecule has 2 amide bonds. The fourth-order valence-electron chi connectivity index (χ4n) is 6.57. The molecule has 0 radical (unpaired) electrons. The fraction of sp³-hybridized carbons (Fsp3) is 0.680. The molecule has 5 rings (SSSR count). The highest BCUT2D eigenvalue weighted by atomic mass is 16.2. The van der Waals surface area contributed by atoms with Crippen molar-refractivity contribution in [2.24, 2.45) is 23.2 Å². The summed E-state index contributed by atoms with van der Waals surface area (Å²) >= 11 is 0. The Bertz CT molecular complexity index is 702. The summed E-state index contributed by atoms with van der Waals surface area (Å²) in [5, 5.41) is 5.80. The van der Waals surface area contributed by atoms with Crippen molar-refractivity contribution >= 4 is 11.8 Å². The summed E-state index contributed by atoms with van der Waals surface area (Å²) in [6.07, 6.45) is 9.30. The smallest absolute Gasteiger partial charge is 0.239 e. The summed E-state index contributed by atoms with van der Waals surface area (Å²) in [5.74, 6) is 3.06. The van der Waals surface area contributed by atoms with Crippen LogP contribution in [0.1, 0.15) is 75.8 Å². The molecule has 0 aromatic heterocycles. The lowest BCUT2D eigenvalue weighted by Crippen LogP contribution is -2.48. The van der Waals surface area contributed by atoms with E-state index >= 15 is 0 Å². The molecule has 1 aromatic carbocycles. The van der Waals surface area contributed by atoms with Crippen LogP contribution < -0.4 is 10.6 Å². The second kappa shape index (κ2) is 8.49. The predicted octanol–water partition coefficient (Wildman–Crippen LogP) is 4.19. The SMILES string of the molecule is CC(C)c1ccc(CCNC(=O)CNC(=O)CC23CC4CC(CC(C4)C2)C3)cc1. The van der Waals surface area contributed by atoms with E-state index in [4.69, 9.17) is 0 Å². The normalized spacial score (nSPS) is 29.8. The van der Waals surface area contributed by atoms with Crippen LogP contribution in [0.25, 0.3) is 0 Å². The first-order valence-corrected chi connectivity index (χ1v) is 11.5. The lowest BCUT2D eigenvalue weighted by atomic mass is 9.49. The largest absolute Gasteiger partial charge is 0.354 e. The Labute approximate surface area is 175 Å². The quantitative estimate of drug-likeness (QED) is 0.692. The average Bonchev–Trinajstić information content (AvgIpc) is 2.65. The Hall–Kier alpha value is -1.84. The highest BCUT2D eigenvalue weighted by Gasteiger charge is 2.51. The first kappa shape index (κ1) is 20.4. The highest BCUT2D eigenvalue weighted by molar-refractivity contribution is 5.84. The van der Waals surface area contributed by atoms with E-state index in [0.29, 0.717) is 18.9 Å². The Balaban J connectivity index is 1.16. The van der Waals surface area contributed by atoms with E-state index in [-0.39, 0.29) is 23.8 Å². The molecule has 4 saturated carbocycles. The van der Waals surface area contributed by atoms with E-state index in [1.165, 1.54) is 49.7 Å². The molecule has 0 aliphatic heterocycles. The van der Waals surface area contributed by atoms with Crippen molar-refractivity contribution in [1.29, 1.82) is 0 Å². The second-order valence-electron chi connectivity index (χ2n) is 10.4. The third-order valence-corrected chi connectivity index (χ3v) is 7.53. The molecule has 4 fully saturated rings. The third kappa shape index (κ3) is 5.02. The molecular weight excluding hydrogens is 360 g/mol. The van der Waals surface area contributed by atoms with Crippen LogP contribution in [-0.4, -0.2) is 24.9 Å². The number of nitrogens with one attached hydrogen (secondary N) is 2. The average molecular weight is 397 g/mol. The van der Waals surface area contributed by atoms with Crippen LogP contribution in [0.3, 0.4) is 0 Å². The topological polar surface area (TPSA) is 58.2 Å². The van der Waals surface area contributed by atoms with Gasteiger partial charge in [0.2, 0.25) is 11.8 Å². The maximum Gasteiger partial charge on any atom is 0.239 e. The Morgan fingerprint density at radius 1 is 0.931 bits per heavy atom. The van der Waals surface area contributed by atoms with E-state index in [9.17, 15) is 9.59 Å². The lowest BCUT2D eigenvalue weighted by molar-refractivity contribution is -0.131. The molecule has 0 atom stereocenters. The maximum atomic E-state index is 12.5. The van der Waals surface area contributed by atoms with Gasteiger partial charge in [-0.25, -0.2) is 0 Å². The van der Waals surface area contributed by atoms with E-state index in [0.717, 1.165) is 24.2 Å². The van der Waals surface area contributed by atoms with Crippen molar-refractivity contribution in [3.8, 4) is 0 Å². The molecule has 4 bridgehead atoms. The maximum absolute atomic E-state index is 12.5. The van der Waals surface area contributed by atoms with E-state index < -0.39 is 0 Å². The molecule has 29 heavy (non-hydrogen) atoms. The van der Waals surface area contributed by atoms with Gasteiger partial charge in [-0.2, -0.15) is 0 Å². The van der Waals surface area contributed by atoms with Crippen LogP contribution >= 0.6 is 0 Å². The van der Waals surface area contributed by atoms with Gasteiger partial charge in [0, 0.05) is 13.0 Å². The van der Waals surface area contributed by atoms with Crippen LogP contribution in [0.2, 0.25) is 0 Å². The van der Waals surface area contributed by atoms with E-state index in [1.807, 2.05) is 0 Å². The van der Waals surface area contributed by atoms with Crippen molar-refractivity contribution in [2.75, 3.05) is 13.1 Å². The van der Waals surface area contributed by atoms with Gasteiger partial charge in [0.05, 0.1) is 6.54 Å². The standard InChI is InChI=1S/C25H36N2O2/c1-17(2)22-5-3-18(4-6-22)7-8-26-24(29)16-27-23(28)15-25-12-19-9-20(13-25)11-21(10-19)14-25/h3-6,17,19-21H,7-16H2,1-2H3,(H,26,29)(H,27,28). The molecule has 4 heteroatoms. The zero-order valence-electron chi connectivity index (χ0n) is 18.0. The summed E-state index contributed by atoms with van der Waals surface area (Å²) in [6, 6.07) is 8.59. The van der Waals surface area contributed by atoms with Crippen molar-refractivity contribution in [1.82, 2.24) is 10.6 Å². The summed E-state index contributed by atoms with van der Waals surface area (Å²) in [5.41, 5.74) is 2.79. The first-order chi connectivity index (χ1) is 13.9. The van der Waals surface area contributed by atoms with Crippen molar-refractivity contribution in [3.05, 3.63) is 35.4 Å². The number of rotatable bonds is 8. The van der Waals surface area contributed by atoms with Gasteiger partial charge in [0.15, 0.2) is 0 Å². The van der Waals surface area contributed by atoms with Crippen LogP contribution in [0.4, 0.5) is 0 Å². The summed E-state index contributed by atoms with van der Waals surface area (Å²) < 4.78 is 0. The van der Waals surface area contributed by atoms with Crippen LogP contribution in [0.15, 0.2) is 24.3 Å². The molecule has 4 aliphatic rings. The fourth-order valence-corrected chi connectivity index (χ4v) is 6.57. The molecule has 0 heterocycles. The molecule has 2 N–H and O–H groups in total. The van der Waals surface area contributed by atoms with Gasteiger partial charge in [0.25, 0.3) is 0 Å². The number of hydrogen-bond donors (Lipinski definition) is 2. The lowest BCUT2D eigenvalue weighted by Gasteiger charge is -2.56. The summed E-state index contributed by atoms with van der Waals surface area (Å²) in [7, 11) is 0. The number of carbonyl (C=O) groups is 2. The molecule has 0 unspecified atom stereocenters. The first-order valence-electron chi connectivity index (χ1n) is 11.5. The third-order valence-electron chi connectivity index (χ3n) is 7.53. The summed E-state index contributed by atoms with van der Waals surface area (Å²) in [6.45, 7) is 5.07. The Morgan fingerprint density at radius 2 is 1.52 bits per heavy atom. The monoisotopic (exact) mass is 396 g/mol. The molecule has 158 valence electrons. The van der Waals surface area contributed by atoms with Crippen molar-refractivity contribution < 1.29 is 9.59 Å². The van der Waals surface area contributed by atoms with Gasteiger partial charge in [-0.05, 0) is 85.2 Å². The van der Waals surface area contributed by atoms with Gasteiger partial charge in [-0.1, -0.05) is 38.1 Å². The number of carbonyl (C=O) groups excluding carboxylic acids is 2. The highest BCUT2D eigenvalue weighted by Crippen LogP contribution is 2.61. The van der Waals surface area contributed by atoms with Gasteiger partial charge >= 0.3 is 0 Å². The zero-order valence-corrected chi connectivity index (χ0v) is 18.0. The van der Waals surface area contributed by atoms with Gasteiger partial charge in [0.1, 0.15) is 0 Å². The Kier molecular flexibility index (Phi) is 5.98. The van der Waals surface area contributed by atoms with Crippen LogP contribution in [-0.2, 0) is 16.0 Å². The van der Waals surface area contributed by atoms with E-state index in [1.54, 1.807) is 0 Å². The molecular formula is C25H36N2O2. The summed E-state index contributed by atoms with van der Waals surface area (Å²) in [4.78, 5) is 24.6. The molecule has 0 spiro atoms. The zero-order chi connectivity index (χ0) is 20.4. The van der Waals surface area contributed by atoms with E-state index in [2.05, 4.69) is 48.7 Å². The Morgan fingerprint density at radius 3 is 2.07 bits per heavy atom. The van der Waals surface area contributed by atoms with Crippen molar-refractivity contribution in [2.45, 2.75) is 71.1 Å². The van der Waals surface area contributed by atoms with Gasteiger partial charge in [-0.15, -0.1) is 0 Å². The van der Waals surface area contributed by atoms with Gasteiger partial charge < -0.3 is 10.6 Å². The number of benzene rings is 1.